The molecular formula is C22H29BrO3. The Morgan fingerprint density at radius 2 is 1.92 bits per heavy atom. The van der Waals surface area contributed by atoms with Crippen LogP contribution in [-0.2, 0) is 14.3 Å². The molecule has 0 radical (unpaired) electrons. The zero-order valence-corrected chi connectivity index (χ0v) is 17.6. The Hall–Kier alpha value is -0.900. The maximum absolute atomic E-state index is 11.5. The lowest BCUT2D eigenvalue weighted by Crippen LogP contribution is -2.50. The molecule has 0 aromatic rings. The molecule has 6 atom stereocenters. The van der Waals surface area contributed by atoms with Crippen molar-refractivity contribution in [1.29, 1.82) is 0 Å². The van der Waals surface area contributed by atoms with Gasteiger partial charge in [-0.15, -0.1) is 0 Å². The van der Waals surface area contributed by atoms with Gasteiger partial charge >= 0.3 is 5.97 Å². The highest BCUT2D eigenvalue weighted by Gasteiger charge is 2.57. The minimum Gasteiger partial charge on any atom is -0.462 e. The number of halogens is 1. The highest BCUT2D eigenvalue weighted by atomic mass is 79.9. The fourth-order valence-corrected chi connectivity index (χ4v) is 7.47. The van der Waals surface area contributed by atoms with Crippen molar-refractivity contribution in [3.63, 3.8) is 0 Å². The first kappa shape index (κ1) is 18.5. The summed E-state index contributed by atoms with van der Waals surface area (Å²) in [6.07, 6.45) is 11.0. The van der Waals surface area contributed by atoms with E-state index in [4.69, 9.17) is 4.74 Å². The van der Waals surface area contributed by atoms with Crippen molar-refractivity contribution < 1.29 is 14.3 Å². The van der Waals surface area contributed by atoms with Crippen molar-refractivity contribution in [3.05, 3.63) is 21.7 Å². The van der Waals surface area contributed by atoms with Crippen LogP contribution in [0.25, 0.3) is 0 Å². The molecule has 2 fully saturated rings. The van der Waals surface area contributed by atoms with Gasteiger partial charge in [0.2, 0.25) is 0 Å². The molecule has 0 N–H and O–H groups in total. The van der Waals surface area contributed by atoms with E-state index in [0.717, 1.165) is 50.4 Å². The number of rotatable bonds is 2. The Bertz CT molecular complexity index is 708. The van der Waals surface area contributed by atoms with Gasteiger partial charge in [0.1, 0.15) is 12.4 Å². The van der Waals surface area contributed by atoms with Crippen molar-refractivity contribution in [3.8, 4) is 0 Å². The summed E-state index contributed by atoms with van der Waals surface area (Å²) in [7, 11) is 0. The largest absolute Gasteiger partial charge is 0.462 e. The average Bonchev–Trinajstić information content (AvgIpc) is 2.86. The molecule has 0 heterocycles. The molecule has 2 saturated carbocycles. The molecule has 142 valence electrons. The van der Waals surface area contributed by atoms with E-state index in [1.54, 1.807) is 0 Å². The van der Waals surface area contributed by atoms with Gasteiger partial charge in [-0.3, -0.25) is 9.59 Å². The monoisotopic (exact) mass is 420 g/mol. The first-order valence-corrected chi connectivity index (χ1v) is 10.8. The van der Waals surface area contributed by atoms with Crippen molar-refractivity contribution in [2.75, 3.05) is 0 Å². The van der Waals surface area contributed by atoms with Gasteiger partial charge in [0.05, 0.1) is 0 Å². The second-order valence-electron chi connectivity index (χ2n) is 9.35. The molecule has 4 rings (SSSR count). The van der Waals surface area contributed by atoms with Crippen LogP contribution in [0.1, 0.15) is 65.7 Å². The molecule has 0 aromatic heterocycles. The minimum absolute atomic E-state index is 0.0567. The van der Waals surface area contributed by atoms with Crippen LogP contribution in [0.4, 0.5) is 0 Å². The lowest BCUT2D eigenvalue weighted by atomic mass is 9.48. The van der Waals surface area contributed by atoms with Crippen LogP contribution >= 0.6 is 15.9 Å². The Balaban J connectivity index is 1.61. The van der Waals surface area contributed by atoms with Gasteiger partial charge in [0, 0.05) is 28.8 Å². The molecule has 0 aliphatic heterocycles. The number of fused-ring (bicyclic) bond motifs is 5. The second-order valence-corrected chi connectivity index (χ2v) is 10.1. The molecular weight excluding hydrogens is 392 g/mol. The van der Waals surface area contributed by atoms with Crippen LogP contribution < -0.4 is 0 Å². The van der Waals surface area contributed by atoms with Gasteiger partial charge in [-0.25, -0.2) is 0 Å². The van der Waals surface area contributed by atoms with Gasteiger partial charge in [0.25, 0.3) is 0 Å². The summed E-state index contributed by atoms with van der Waals surface area (Å²) >= 11 is 3.78. The zero-order valence-electron chi connectivity index (χ0n) is 16.0. The topological polar surface area (TPSA) is 43.4 Å². The highest BCUT2D eigenvalue weighted by molar-refractivity contribution is 9.11. The molecule has 4 aliphatic rings. The zero-order chi connectivity index (χ0) is 18.7. The number of carbonyl (C=O) groups excluding carboxylic acids is 2. The van der Waals surface area contributed by atoms with Gasteiger partial charge in [0.15, 0.2) is 0 Å². The first-order chi connectivity index (χ1) is 12.3. The van der Waals surface area contributed by atoms with Crippen molar-refractivity contribution >= 4 is 28.2 Å². The van der Waals surface area contributed by atoms with E-state index in [9.17, 15) is 9.59 Å². The summed E-state index contributed by atoms with van der Waals surface area (Å²) < 4.78 is 6.69. The third-order valence-electron chi connectivity index (χ3n) is 8.15. The van der Waals surface area contributed by atoms with Gasteiger partial charge in [-0.2, -0.15) is 0 Å². The van der Waals surface area contributed by atoms with E-state index in [2.05, 4.69) is 35.9 Å². The maximum atomic E-state index is 11.5. The molecule has 4 aliphatic carbocycles. The van der Waals surface area contributed by atoms with Crippen LogP contribution in [0.3, 0.4) is 0 Å². The van der Waals surface area contributed by atoms with Crippen LogP contribution in [-0.4, -0.2) is 18.4 Å². The third kappa shape index (κ3) is 2.58. The Kier molecular flexibility index (Phi) is 4.49. The molecule has 0 spiro atoms. The number of ether oxygens (including phenoxy) is 1. The fraction of sp³-hybridized carbons (Fsp3) is 0.727. The van der Waals surface area contributed by atoms with Crippen LogP contribution in [0.5, 0.6) is 0 Å². The number of carbonyl (C=O) groups is 2. The summed E-state index contributed by atoms with van der Waals surface area (Å²) in [5.74, 6) is 1.74. The van der Waals surface area contributed by atoms with E-state index in [-0.39, 0.29) is 22.9 Å². The summed E-state index contributed by atoms with van der Waals surface area (Å²) in [5, 5.41) is 0. The average molecular weight is 421 g/mol. The fourth-order valence-electron chi connectivity index (χ4n) is 6.73. The summed E-state index contributed by atoms with van der Waals surface area (Å²) in [5.41, 5.74) is 2.86. The molecule has 4 heteroatoms. The number of aldehydes is 1. The van der Waals surface area contributed by atoms with Gasteiger partial charge in [-0.1, -0.05) is 41.4 Å². The lowest BCUT2D eigenvalue weighted by Gasteiger charge is -2.57. The van der Waals surface area contributed by atoms with Gasteiger partial charge < -0.3 is 4.74 Å². The number of esters is 1. The van der Waals surface area contributed by atoms with Crippen molar-refractivity contribution in [2.45, 2.75) is 71.8 Å². The second kappa shape index (κ2) is 6.32. The van der Waals surface area contributed by atoms with Crippen LogP contribution in [0.2, 0.25) is 0 Å². The number of hydrogen-bond acceptors (Lipinski definition) is 3. The standard InChI is InChI=1S/C22H29BrO3/c1-13(25)26-16-6-8-21(2)15(11-16)4-5-17-18(21)7-9-22(3)19(17)10-14(12-24)20(22)23/h4,12,16-19H,5-11H2,1-3H3/t16-,17+,18-,19-,21-,22-/m0/s1. The molecule has 0 aromatic carbocycles. The van der Waals surface area contributed by atoms with E-state index in [0.29, 0.717) is 17.8 Å². The first-order valence-electron chi connectivity index (χ1n) is 10.0. The predicted octanol–water partition coefficient (Wildman–Crippen LogP) is 5.34. The van der Waals surface area contributed by atoms with E-state index >= 15 is 0 Å². The van der Waals surface area contributed by atoms with E-state index in [1.807, 2.05) is 0 Å². The molecule has 0 unspecified atom stereocenters. The summed E-state index contributed by atoms with van der Waals surface area (Å²) in [6, 6.07) is 0. The van der Waals surface area contributed by atoms with Crippen LogP contribution in [0.15, 0.2) is 21.7 Å². The quantitative estimate of drug-likeness (QED) is 0.344. The van der Waals surface area contributed by atoms with Crippen molar-refractivity contribution in [2.24, 2.45) is 28.6 Å². The number of hydrogen-bond donors (Lipinski definition) is 0. The maximum Gasteiger partial charge on any atom is 0.302 e. The lowest BCUT2D eigenvalue weighted by molar-refractivity contribution is -0.148. The van der Waals surface area contributed by atoms with Gasteiger partial charge in [-0.05, 0) is 61.7 Å². The normalized spacial score (nSPS) is 44.5. The Morgan fingerprint density at radius 1 is 1.19 bits per heavy atom. The Labute approximate surface area is 164 Å². The van der Waals surface area contributed by atoms with E-state index < -0.39 is 0 Å². The predicted molar refractivity (Wildman–Crippen MR) is 105 cm³/mol. The summed E-state index contributed by atoms with van der Waals surface area (Å²) in [6.45, 7) is 6.31. The highest BCUT2D eigenvalue weighted by Crippen LogP contribution is 2.66. The summed E-state index contributed by atoms with van der Waals surface area (Å²) in [4.78, 5) is 22.9. The smallest absolute Gasteiger partial charge is 0.302 e. The molecule has 26 heavy (non-hydrogen) atoms. The Morgan fingerprint density at radius 3 is 2.62 bits per heavy atom. The van der Waals surface area contributed by atoms with E-state index in [1.165, 1.54) is 23.4 Å². The van der Waals surface area contributed by atoms with Crippen LogP contribution in [0, 0.1) is 28.6 Å². The molecule has 0 saturated heterocycles. The third-order valence-corrected chi connectivity index (χ3v) is 9.56. The SMILES string of the molecule is CC(=O)O[C@H]1CC[C@@]2(C)C(=CC[C@@H]3[C@@H]2CC[C@]2(C)C(Br)=C(C=O)C[C@@H]32)C1. The molecule has 0 bridgehead atoms. The minimum atomic E-state index is -0.162. The number of allylic oxidation sites excluding steroid dienone is 3. The van der Waals surface area contributed by atoms with Crippen molar-refractivity contribution in [1.82, 2.24) is 0 Å². The molecule has 3 nitrogen and oxygen atoms in total. The molecule has 0 amide bonds.